The van der Waals surface area contributed by atoms with Gasteiger partial charge in [0.25, 0.3) is 0 Å². The molecule has 1 saturated heterocycles. The van der Waals surface area contributed by atoms with Crippen LogP contribution in [-0.2, 0) is 0 Å². The van der Waals surface area contributed by atoms with Crippen molar-refractivity contribution in [2.45, 2.75) is 44.4 Å². The summed E-state index contributed by atoms with van der Waals surface area (Å²) in [6, 6.07) is 5.43. The van der Waals surface area contributed by atoms with E-state index >= 15 is 0 Å². The highest BCUT2D eigenvalue weighted by atomic mass is 35.5. The smallest absolute Gasteiger partial charge is 0.395 e. The van der Waals surface area contributed by atoms with Gasteiger partial charge in [0.1, 0.15) is 0 Å². The molecule has 26 heavy (non-hydrogen) atoms. The number of halogens is 4. The third kappa shape index (κ3) is 4.35. The first-order chi connectivity index (χ1) is 11.6. The lowest BCUT2D eigenvalue weighted by Crippen LogP contribution is -2.47. The van der Waals surface area contributed by atoms with Crippen molar-refractivity contribution in [2.75, 3.05) is 26.2 Å². The van der Waals surface area contributed by atoms with Gasteiger partial charge in [-0.3, -0.25) is 4.90 Å². The molecular formula is C18H26Cl2F2N2O2. The molecule has 1 aliphatic carbocycles. The van der Waals surface area contributed by atoms with Crippen LogP contribution >= 0.6 is 24.8 Å². The molecule has 1 saturated carbocycles. The molecule has 0 bridgehead atoms. The normalized spacial score (nSPS) is 23.6. The maximum atomic E-state index is 13.6. The lowest BCUT2D eigenvalue weighted by molar-refractivity contribution is -0.287. The number of rotatable bonds is 3. The van der Waals surface area contributed by atoms with Gasteiger partial charge in [-0.25, -0.2) is 0 Å². The molecule has 2 heterocycles. The fourth-order valence-corrected chi connectivity index (χ4v) is 4.38. The van der Waals surface area contributed by atoms with Crippen LogP contribution in [0.5, 0.6) is 11.5 Å². The predicted molar refractivity (Wildman–Crippen MR) is 101 cm³/mol. The molecule has 0 aromatic heterocycles. The Labute approximate surface area is 165 Å². The zero-order valence-electron chi connectivity index (χ0n) is 14.6. The summed E-state index contributed by atoms with van der Waals surface area (Å²) in [7, 11) is 0. The topological polar surface area (TPSA) is 33.7 Å². The Morgan fingerprint density at radius 1 is 1.04 bits per heavy atom. The zero-order valence-corrected chi connectivity index (χ0v) is 16.2. The number of ether oxygens (including phenoxy) is 2. The number of nitrogens with zero attached hydrogens (tertiary/aromatic N) is 1. The molecule has 4 nitrogen and oxygen atoms in total. The molecular weight excluding hydrogens is 385 g/mol. The molecule has 1 aromatic carbocycles. The first-order valence-electron chi connectivity index (χ1n) is 8.97. The van der Waals surface area contributed by atoms with Gasteiger partial charge in [0.15, 0.2) is 11.5 Å². The van der Waals surface area contributed by atoms with Gasteiger partial charge in [-0.15, -0.1) is 33.6 Å². The SMILES string of the molecule is Cl.Cl.FC1(F)Oc2cccc([C@H](C3CCCCC3)N3CCNCC3)c2O1. The molecule has 4 rings (SSSR count). The van der Waals surface area contributed by atoms with Crippen LogP contribution in [0.3, 0.4) is 0 Å². The molecule has 0 unspecified atom stereocenters. The predicted octanol–water partition coefficient (Wildman–Crippen LogP) is 4.38. The van der Waals surface area contributed by atoms with E-state index in [1.807, 2.05) is 6.07 Å². The molecule has 1 atom stereocenters. The Balaban J connectivity index is 0.00000121. The molecule has 148 valence electrons. The van der Waals surface area contributed by atoms with E-state index in [-0.39, 0.29) is 42.4 Å². The molecule has 1 aromatic rings. The van der Waals surface area contributed by atoms with Crippen molar-refractivity contribution in [3.63, 3.8) is 0 Å². The van der Waals surface area contributed by atoms with Crippen molar-refractivity contribution < 1.29 is 18.3 Å². The Morgan fingerprint density at radius 2 is 1.73 bits per heavy atom. The number of alkyl halides is 2. The fourth-order valence-electron chi connectivity index (χ4n) is 4.38. The van der Waals surface area contributed by atoms with E-state index in [0.29, 0.717) is 5.92 Å². The van der Waals surface area contributed by atoms with Crippen LogP contribution in [0.4, 0.5) is 8.78 Å². The van der Waals surface area contributed by atoms with E-state index in [1.54, 1.807) is 12.1 Å². The van der Waals surface area contributed by atoms with Crippen molar-refractivity contribution in [2.24, 2.45) is 5.92 Å². The van der Waals surface area contributed by atoms with Gasteiger partial charge in [0.05, 0.1) is 0 Å². The number of piperazine rings is 1. The molecule has 0 radical (unpaired) electrons. The quantitative estimate of drug-likeness (QED) is 0.801. The van der Waals surface area contributed by atoms with Crippen LogP contribution in [0, 0.1) is 5.92 Å². The third-order valence-corrected chi connectivity index (χ3v) is 5.42. The summed E-state index contributed by atoms with van der Waals surface area (Å²) in [5.74, 6) is 0.881. The van der Waals surface area contributed by atoms with Gasteiger partial charge >= 0.3 is 6.29 Å². The minimum Gasteiger partial charge on any atom is -0.395 e. The summed E-state index contributed by atoms with van der Waals surface area (Å²) in [5, 5.41) is 3.37. The minimum absolute atomic E-state index is 0. The fraction of sp³-hybridized carbons (Fsp3) is 0.667. The van der Waals surface area contributed by atoms with Gasteiger partial charge in [0.2, 0.25) is 0 Å². The maximum absolute atomic E-state index is 13.6. The molecule has 8 heteroatoms. The zero-order chi connectivity index (χ0) is 16.6. The second kappa shape index (κ2) is 8.91. The van der Waals surface area contributed by atoms with Crippen LogP contribution < -0.4 is 14.8 Å². The van der Waals surface area contributed by atoms with Crippen molar-refractivity contribution in [1.82, 2.24) is 10.2 Å². The number of hydrogen-bond donors (Lipinski definition) is 1. The summed E-state index contributed by atoms with van der Waals surface area (Å²) >= 11 is 0. The second-order valence-electron chi connectivity index (χ2n) is 6.97. The van der Waals surface area contributed by atoms with Crippen LogP contribution in [0.25, 0.3) is 0 Å². The number of nitrogens with one attached hydrogen (secondary N) is 1. The largest absolute Gasteiger partial charge is 0.586 e. The first-order valence-corrected chi connectivity index (χ1v) is 8.97. The lowest BCUT2D eigenvalue weighted by Gasteiger charge is -2.41. The average molecular weight is 411 g/mol. The van der Waals surface area contributed by atoms with Gasteiger partial charge in [-0.1, -0.05) is 31.4 Å². The number of benzene rings is 1. The second-order valence-corrected chi connectivity index (χ2v) is 6.97. The number of hydrogen-bond acceptors (Lipinski definition) is 4. The minimum atomic E-state index is -3.56. The molecule has 2 fully saturated rings. The summed E-state index contributed by atoms with van der Waals surface area (Å²) in [6.07, 6.45) is 2.45. The first kappa shape index (κ1) is 21.5. The maximum Gasteiger partial charge on any atom is 0.586 e. The Morgan fingerprint density at radius 3 is 2.42 bits per heavy atom. The van der Waals surface area contributed by atoms with Gasteiger partial charge in [0, 0.05) is 37.8 Å². The van der Waals surface area contributed by atoms with Gasteiger partial charge < -0.3 is 14.8 Å². The van der Waals surface area contributed by atoms with Gasteiger partial charge in [-0.05, 0) is 24.8 Å². The molecule has 3 aliphatic rings. The van der Waals surface area contributed by atoms with E-state index in [1.165, 1.54) is 19.3 Å². The highest BCUT2D eigenvalue weighted by Gasteiger charge is 2.46. The van der Waals surface area contributed by atoms with E-state index in [2.05, 4.69) is 15.0 Å². The summed E-state index contributed by atoms with van der Waals surface area (Å²) < 4.78 is 36.8. The molecule has 0 amide bonds. The van der Waals surface area contributed by atoms with Crippen molar-refractivity contribution in [3.05, 3.63) is 23.8 Å². The van der Waals surface area contributed by atoms with E-state index < -0.39 is 6.29 Å². The highest BCUT2D eigenvalue weighted by molar-refractivity contribution is 5.85. The van der Waals surface area contributed by atoms with E-state index in [9.17, 15) is 8.78 Å². The van der Waals surface area contributed by atoms with Crippen molar-refractivity contribution >= 4 is 24.8 Å². The lowest BCUT2D eigenvalue weighted by atomic mass is 9.80. The summed E-state index contributed by atoms with van der Waals surface area (Å²) in [6.45, 7) is 3.74. The van der Waals surface area contributed by atoms with Crippen LogP contribution in [0.2, 0.25) is 0 Å². The van der Waals surface area contributed by atoms with E-state index in [0.717, 1.165) is 44.6 Å². The molecule has 2 aliphatic heterocycles. The highest BCUT2D eigenvalue weighted by Crippen LogP contribution is 2.49. The average Bonchev–Trinajstić information content (AvgIpc) is 2.92. The van der Waals surface area contributed by atoms with Crippen molar-refractivity contribution in [1.29, 1.82) is 0 Å². The Hall–Kier alpha value is -0.820. The molecule has 1 N–H and O–H groups in total. The monoisotopic (exact) mass is 410 g/mol. The summed E-state index contributed by atoms with van der Waals surface area (Å²) in [5.41, 5.74) is 0.860. The Kier molecular flexibility index (Phi) is 7.36. The summed E-state index contributed by atoms with van der Waals surface area (Å²) in [4.78, 5) is 2.43. The third-order valence-electron chi connectivity index (χ3n) is 5.42. The van der Waals surface area contributed by atoms with Crippen molar-refractivity contribution in [3.8, 4) is 11.5 Å². The number of para-hydroxylation sites is 1. The van der Waals surface area contributed by atoms with Crippen LogP contribution in [0.15, 0.2) is 18.2 Å². The van der Waals surface area contributed by atoms with E-state index in [4.69, 9.17) is 4.74 Å². The van der Waals surface area contributed by atoms with Crippen LogP contribution in [-0.4, -0.2) is 37.4 Å². The molecule has 0 spiro atoms. The Bertz CT molecular complexity index is 577. The standard InChI is InChI=1S/C18H24F2N2O2.2ClH/c19-18(20)23-15-8-4-7-14(17(15)24-18)16(13-5-2-1-3-6-13)22-11-9-21-10-12-22;;/h4,7-8,13,16,21H,1-3,5-6,9-12H2;2*1H/t16-;;/m0../s1. The number of fused-ring (bicyclic) bond motifs is 1. The van der Waals surface area contributed by atoms with Gasteiger partial charge in [-0.2, -0.15) is 0 Å². The van der Waals surface area contributed by atoms with Crippen LogP contribution in [0.1, 0.15) is 43.7 Å².